The molecule has 12 aromatic carbocycles. The molecule has 0 aliphatic rings. The van der Waals surface area contributed by atoms with Gasteiger partial charge in [-0.3, -0.25) is 53.3 Å². The molecule has 0 bridgehead atoms. The first-order valence-corrected chi connectivity index (χ1v) is 44.5. The third kappa shape index (κ3) is 34.3. The number of nitrogen functional groups attached to an aromatic ring is 5. The van der Waals surface area contributed by atoms with Gasteiger partial charge in [0.25, 0.3) is 41.4 Å². The zero-order chi connectivity index (χ0) is 101. The molecule has 0 fully saturated rings. The van der Waals surface area contributed by atoms with E-state index in [4.69, 9.17) is 47.6 Å². The number of para-hydroxylation sites is 10. The van der Waals surface area contributed by atoms with Crippen LogP contribution in [0.3, 0.4) is 0 Å². The van der Waals surface area contributed by atoms with Gasteiger partial charge in [-0.25, -0.2) is 14.6 Å². The summed E-state index contributed by atoms with van der Waals surface area (Å²) in [5, 5.41) is 27.6. The summed E-state index contributed by atoms with van der Waals surface area (Å²) < 4.78 is 23.0. The topological polar surface area (TPSA) is 515 Å². The molecule has 0 saturated carbocycles. The molecule has 16 rings (SSSR count). The largest absolute Gasteiger partial charge is 0.482 e. The number of aromatic nitrogens is 5. The summed E-state index contributed by atoms with van der Waals surface area (Å²) in [5.74, 6) is -1.40. The van der Waals surface area contributed by atoms with Gasteiger partial charge in [0.1, 0.15) is 25.6 Å². The lowest BCUT2D eigenvalue weighted by Crippen LogP contribution is -2.28. The summed E-state index contributed by atoms with van der Waals surface area (Å²) in [6.45, 7) is 1.76. The summed E-state index contributed by atoms with van der Waals surface area (Å²) >= 11 is 0. The molecule has 0 aliphatic heterocycles. The Kier molecular flexibility index (Phi) is 38.8. The van der Waals surface area contributed by atoms with Crippen LogP contribution in [0, 0.1) is 0 Å². The lowest BCUT2D eigenvalue weighted by atomic mass is 10.1. The number of anilines is 11. The van der Waals surface area contributed by atoms with Gasteiger partial charge < -0.3 is 105 Å². The monoisotopic (exact) mass is 1910 g/mol. The fourth-order valence-electron chi connectivity index (χ4n) is 12.9. The molecular formula is C109H102N20O14. The van der Waals surface area contributed by atoms with E-state index in [9.17, 15) is 47.9 Å². The van der Waals surface area contributed by atoms with Crippen molar-refractivity contribution in [1.29, 1.82) is 0 Å². The molecule has 34 nitrogen and oxygen atoms in total. The highest BCUT2D eigenvalue weighted by atomic mass is 16.6. The maximum atomic E-state index is 12.4. The van der Waals surface area contributed by atoms with Crippen molar-refractivity contribution in [2.24, 2.45) is 0 Å². The first-order chi connectivity index (χ1) is 69.6. The minimum absolute atomic E-state index is 0.0790. The van der Waals surface area contributed by atoms with Crippen molar-refractivity contribution in [3.8, 4) is 11.4 Å². The second kappa shape index (κ2) is 54.2. The average Bonchev–Trinajstić information content (AvgIpc) is 1.13. The second-order valence-corrected chi connectivity index (χ2v) is 31.1. The van der Waals surface area contributed by atoms with Gasteiger partial charge in [-0.05, 0) is 215 Å². The molecule has 34 heteroatoms. The Morgan fingerprint density at radius 3 is 0.965 bits per heavy atom. The Hall–Kier alpha value is -19.6. The Morgan fingerprint density at radius 2 is 0.601 bits per heavy atom. The SMILES string of the molecule is Nc1ccccc1NC(=O)c1ccc(CNC(=O)COc2cccnc2)cc1.Nc1ccccc1NC(=O)c1ccc(CNC(=O)OCc2ccc(-n3ccnc3)cc2)cc1.Nc1ccccc1NC(=O)c1ccc(CNC(=O)OCc2cccnc2)cc1.Nc1ccccc1NC(=O)c1ccc(CNC(=O)c2ccccc2)cc1.Nc1ccccc1NC(=O)c1ccc(NC(=O)COCc2cccnc2)cc1. The van der Waals surface area contributed by atoms with Crippen LogP contribution in [0.1, 0.15) is 101 Å². The zero-order valence-corrected chi connectivity index (χ0v) is 77.2. The van der Waals surface area contributed by atoms with Crippen molar-refractivity contribution in [3.05, 3.63) is 462 Å². The van der Waals surface area contributed by atoms with Crippen molar-refractivity contribution >= 4 is 122 Å². The second-order valence-electron chi connectivity index (χ2n) is 31.1. The number of imidazole rings is 1. The number of ether oxygens (including phenoxy) is 4. The molecule has 0 aliphatic carbocycles. The van der Waals surface area contributed by atoms with Crippen LogP contribution in [-0.4, -0.2) is 97.2 Å². The van der Waals surface area contributed by atoms with Gasteiger partial charge in [0, 0.05) is 120 Å². The molecule has 4 heterocycles. The Morgan fingerprint density at radius 1 is 0.266 bits per heavy atom. The van der Waals surface area contributed by atoms with Crippen molar-refractivity contribution in [1.82, 2.24) is 45.8 Å². The van der Waals surface area contributed by atoms with E-state index in [1.807, 2.05) is 95.7 Å². The first kappa shape index (κ1) is 102. The molecule has 16 aromatic rings. The molecule has 20 N–H and O–H groups in total. The quantitative estimate of drug-likeness (QED) is 0.0174. The van der Waals surface area contributed by atoms with E-state index in [1.54, 1.807) is 298 Å². The molecule has 0 spiro atoms. The van der Waals surface area contributed by atoms with E-state index in [1.165, 1.54) is 0 Å². The van der Waals surface area contributed by atoms with Crippen LogP contribution < -0.4 is 86.6 Å². The molecule has 10 amide bonds. The van der Waals surface area contributed by atoms with Gasteiger partial charge in [-0.15, -0.1) is 0 Å². The van der Waals surface area contributed by atoms with E-state index in [-0.39, 0.29) is 80.2 Å². The summed E-state index contributed by atoms with van der Waals surface area (Å²) in [6, 6.07) is 97.2. The molecule has 4 aromatic heterocycles. The van der Waals surface area contributed by atoms with Crippen molar-refractivity contribution in [2.45, 2.75) is 46.0 Å². The van der Waals surface area contributed by atoms with Crippen molar-refractivity contribution in [2.75, 3.05) is 73.8 Å². The molecule has 0 atom stereocenters. The van der Waals surface area contributed by atoms with Gasteiger partial charge >= 0.3 is 12.2 Å². The van der Waals surface area contributed by atoms with E-state index >= 15 is 0 Å². The predicted molar refractivity (Wildman–Crippen MR) is 550 cm³/mol. The van der Waals surface area contributed by atoms with Gasteiger partial charge in [0.05, 0.1) is 76.0 Å². The summed E-state index contributed by atoms with van der Waals surface area (Å²) in [5.41, 5.74) is 45.2. The van der Waals surface area contributed by atoms with Crippen molar-refractivity contribution < 1.29 is 66.9 Å². The maximum absolute atomic E-state index is 12.4. The smallest absolute Gasteiger partial charge is 0.407 e. The highest BCUT2D eigenvalue weighted by molar-refractivity contribution is 6.09. The zero-order valence-electron chi connectivity index (χ0n) is 77.2. The van der Waals surface area contributed by atoms with Crippen LogP contribution in [-0.2, 0) is 69.8 Å². The van der Waals surface area contributed by atoms with Crippen LogP contribution in [0.15, 0.2) is 390 Å². The minimum atomic E-state index is -0.523. The molecule has 0 unspecified atom stereocenters. The van der Waals surface area contributed by atoms with Crippen LogP contribution in [0.5, 0.6) is 5.75 Å². The molecule has 143 heavy (non-hydrogen) atoms. The number of alkyl carbamates (subject to hydrolysis) is 2. The third-order valence-electron chi connectivity index (χ3n) is 20.6. The van der Waals surface area contributed by atoms with Crippen LogP contribution in [0.2, 0.25) is 0 Å². The number of pyridine rings is 3. The number of nitrogens with zero attached hydrogens (tertiary/aromatic N) is 5. The summed E-state index contributed by atoms with van der Waals surface area (Å²) in [4.78, 5) is 137. The fraction of sp³-hybridized carbons (Fsp3) is 0.0826. The Balaban J connectivity index is 0.000000160. The molecule has 722 valence electrons. The van der Waals surface area contributed by atoms with Gasteiger partial charge in [-0.1, -0.05) is 152 Å². The average molecular weight is 1920 g/mol. The standard InChI is InChI=1S/C25H23N5O3.3C21H20N4O3.C21H19N3O2/c26-22-3-1-2-4-23(22)29-24(31)20-9-5-18(6-10-20)15-28-25(32)33-16-19-7-11-21(12-8-19)30-14-13-27-17-30;22-18-5-1-2-6-19(18)25-20(26)17-9-7-15(8-10-17)13-24-21(27)28-14-16-4-3-11-23-12-16;22-18-5-1-2-6-19(18)25-21(27)16-9-7-15(8-10-16)12-24-20(26)14-28-17-4-3-11-23-13-17;22-18-5-1-2-6-19(18)25-21(27)16-7-9-17(10-8-16)24-20(26)14-28-13-15-4-3-11-23-12-15;22-18-8-4-5-9-19(18)24-21(26)17-12-10-15(11-13-17)14-23-20(25)16-6-2-1-3-7-16/h1-14,17H,15-16,26H2,(H,28,32)(H,29,31);1-12H,13-14,22H2,(H,24,27)(H,25,26);1-11,13H,12,14,22H2,(H,24,26)(H,25,27);1-12H,13-14,22H2,(H,24,26)(H,25,27);1-13H,14,22H2,(H,23,25)(H,24,26). The number of hydrogen-bond donors (Lipinski definition) is 15. The van der Waals surface area contributed by atoms with E-state index in [2.05, 4.69) is 73.1 Å². The van der Waals surface area contributed by atoms with E-state index in [0.717, 1.165) is 44.6 Å². The number of benzene rings is 12. The van der Waals surface area contributed by atoms with Crippen LogP contribution in [0.25, 0.3) is 5.69 Å². The minimum Gasteiger partial charge on any atom is -0.482 e. The lowest BCUT2D eigenvalue weighted by molar-refractivity contribution is -0.123. The molecule has 0 saturated heterocycles. The van der Waals surface area contributed by atoms with Crippen LogP contribution >= 0.6 is 0 Å². The van der Waals surface area contributed by atoms with Gasteiger partial charge in [0.2, 0.25) is 5.91 Å². The Labute approximate surface area is 823 Å². The highest BCUT2D eigenvalue weighted by Crippen LogP contribution is 2.25. The molecule has 0 radical (unpaired) electrons. The van der Waals surface area contributed by atoms with Crippen molar-refractivity contribution in [3.63, 3.8) is 0 Å². The maximum Gasteiger partial charge on any atom is 0.407 e. The van der Waals surface area contributed by atoms with E-state index in [0.29, 0.717) is 128 Å². The fourth-order valence-corrected chi connectivity index (χ4v) is 12.9. The normalized spacial score (nSPS) is 10.2. The lowest BCUT2D eigenvalue weighted by Gasteiger charge is -2.10. The van der Waals surface area contributed by atoms with Crippen LogP contribution in [0.4, 0.5) is 72.2 Å². The number of carbonyl (C=O) groups is 10. The van der Waals surface area contributed by atoms with E-state index < -0.39 is 12.2 Å². The molecular weight excluding hydrogens is 1810 g/mol. The number of rotatable bonds is 32. The van der Waals surface area contributed by atoms with Gasteiger partial charge in [0.15, 0.2) is 6.61 Å². The first-order valence-electron chi connectivity index (χ1n) is 44.5. The Bertz CT molecular complexity index is 6710. The summed E-state index contributed by atoms with van der Waals surface area (Å²) in [6.07, 6.45) is 14.1. The number of nitrogens with two attached hydrogens (primary N) is 5. The highest BCUT2D eigenvalue weighted by Gasteiger charge is 2.17. The third-order valence-corrected chi connectivity index (χ3v) is 20.6. The van der Waals surface area contributed by atoms with Gasteiger partial charge in [-0.2, -0.15) is 0 Å². The number of nitrogens with one attached hydrogen (secondary N) is 10. The number of hydrogen-bond acceptors (Lipinski definition) is 23. The predicted octanol–water partition coefficient (Wildman–Crippen LogP) is 16.6. The summed E-state index contributed by atoms with van der Waals surface area (Å²) in [7, 11) is 0. The number of amides is 10. The number of carbonyl (C=O) groups excluding carboxylic acids is 10.